The molecule has 1 aromatic carbocycles. The van der Waals surface area contributed by atoms with E-state index in [0.29, 0.717) is 18.0 Å². The summed E-state index contributed by atoms with van der Waals surface area (Å²) in [5.74, 6) is 0.165. The number of carbonyl (C=O) groups excluding carboxylic acids is 3. The van der Waals surface area contributed by atoms with Gasteiger partial charge in [-0.1, -0.05) is 6.07 Å². The average molecular weight is 360 g/mol. The number of thioether (sulfide) groups is 1. The van der Waals surface area contributed by atoms with E-state index in [1.54, 1.807) is 24.2 Å². The Morgan fingerprint density at radius 3 is 2.64 bits per heavy atom. The maximum absolute atomic E-state index is 12.5. The number of nitrogens with zero attached hydrogens (tertiary/aromatic N) is 2. The summed E-state index contributed by atoms with van der Waals surface area (Å²) in [6.45, 7) is 3.14. The van der Waals surface area contributed by atoms with Crippen LogP contribution in [0.4, 0.5) is 4.79 Å². The molecular weight excluding hydrogens is 340 g/mol. The second-order valence-corrected chi connectivity index (χ2v) is 7.07. The summed E-state index contributed by atoms with van der Waals surface area (Å²) < 4.78 is 5.17. The number of imide groups is 1. The summed E-state index contributed by atoms with van der Waals surface area (Å²) in [5.41, 5.74) is 1.79. The lowest BCUT2D eigenvalue weighted by molar-refractivity contribution is -0.135. The molecule has 3 amide bonds. The van der Waals surface area contributed by atoms with Gasteiger partial charge in [-0.05, 0) is 60.9 Å². The zero-order valence-corrected chi connectivity index (χ0v) is 15.1. The van der Waals surface area contributed by atoms with Crippen LogP contribution in [0.15, 0.2) is 23.1 Å². The van der Waals surface area contributed by atoms with Crippen molar-refractivity contribution in [2.24, 2.45) is 0 Å². The lowest BCUT2D eigenvalue weighted by Crippen LogP contribution is -2.40. The number of hydrogen-bond donors (Lipinski definition) is 0. The molecular formula is C18H20N2O4S. The Bertz CT molecular complexity index is 753. The summed E-state index contributed by atoms with van der Waals surface area (Å²) in [4.78, 5) is 40.0. The Kier molecular flexibility index (Phi) is 5.13. The third-order valence-electron chi connectivity index (χ3n) is 4.39. The Morgan fingerprint density at radius 2 is 2.00 bits per heavy atom. The number of carbonyl (C=O) groups is 3. The minimum Gasteiger partial charge on any atom is -0.497 e. The lowest BCUT2D eigenvalue weighted by Gasteiger charge is -2.18. The highest BCUT2D eigenvalue weighted by Gasteiger charge is 2.37. The van der Waals surface area contributed by atoms with Crippen LogP contribution in [-0.2, 0) is 9.59 Å². The van der Waals surface area contributed by atoms with Crippen LogP contribution in [0, 0.1) is 6.92 Å². The van der Waals surface area contributed by atoms with Crippen LogP contribution in [0.25, 0.3) is 6.08 Å². The number of methoxy groups -OCH3 is 1. The van der Waals surface area contributed by atoms with Crippen molar-refractivity contribution in [3.63, 3.8) is 0 Å². The fourth-order valence-corrected chi connectivity index (χ4v) is 3.75. The van der Waals surface area contributed by atoms with Crippen molar-refractivity contribution < 1.29 is 19.1 Å². The van der Waals surface area contributed by atoms with Gasteiger partial charge in [0.15, 0.2) is 0 Å². The van der Waals surface area contributed by atoms with Crippen LogP contribution in [0.1, 0.15) is 24.0 Å². The Labute approximate surface area is 150 Å². The van der Waals surface area contributed by atoms with Gasteiger partial charge < -0.3 is 9.64 Å². The first-order valence-electron chi connectivity index (χ1n) is 8.17. The molecule has 0 spiro atoms. The van der Waals surface area contributed by atoms with Crippen LogP contribution >= 0.6 is 11.8 Å². The number of ether oxygens (including phenoxy) is 1. The molecule has 6 nitrogen and oxygen atoms in total. The molecule has 2 fully saturated rings. The summed E-state index contributed by atoms with van der Waals surface area (Å²) in [6, 6.07) is 5.52. The highest BCUT2D eigenvalue weighted by molar-refractivity contribution is 8.18. The maximum atomic E-state index is 12.5. The van der Waals surface area contributed by atoms with E-state index in [0.717, 1.165) is 46.4 Å². The van der Waals surface area contributed by atoms with Crippen molar-refractivity contribution in [2.45, 2.75) is 19.8 Å². The molecule has 3 rings (SSSR count). The Morgan fingerprint density at radius 1 is 1.28 bits per heavy atom. The number of likely N-dealkylation sites (tertiary alicyclic amines) is 1. The van der Waals surface area contributed by atoms with E-state index < -0.39 is 11.1 Å². The Balaban J connectivity index is 1.75. The first-order valence-corrected chi connectivity index (χ1v) is 8.99. The molecule has 0 saturated carbocycles. The third-order valence-corrected chi connectivity index (χ3v) is 5.30. The van der Waals surface area contributed by atoms with E-state index in [1.807, 2.05) is 19.1 Å². The largest absolute Gasteiger partial charge is 0.497 e. The zero-order chi connectivity index (χ0) is 18.0. The SMILES string of the molecule is COc1ccc(/C=C2/SC(=O)N(CC(=O)N3CCCC3)C2=O)c(C)c1. The maximum Gasteiger partial charge on any atom is 0.294 e. The molecule has 2 aliphatic heterocycles. The molecule has 132 valence electrons. The lowest BCUT2D eigenvalue weighted by atomic mass is 10.1. The van der Waals surface area contributed by atoms with E-state index in [9.17, 15) is 14.4 Å². The molecule has 1 aromatic rings. The molecule has 2 aliphatic rings. The summed E-state index contributed by atoms with van der Waals surface area (Å²) in [6.07, 6.45) is 3.65. The fourth-order valence-electron chi connectivity index (χ4n) is 2.92. The molecule has 0 atom stereocenters. The van der Waals surface area contributed by atoms with Gasteiger partial charge in [-0.3, -0.25) is 19.3 Å². The smallest absolute Gasteiger partial charge is 0.294 e. The third kappa shape index (κ3) is 3.71. The fraction of sp³-hybridized carbons (Fsp3) is 0.389. The van der Waals surface area contributed by atoms with Gasteiger partial charge in [0.25, 0.3) is 11.1 Å². The van der Waals surface area contributed by atoms with Crippen LogP contribution in [-0.4, -0.2) is 53.6 Å². The van der Waals surface area contributed by atoms with Crippen molar-refractivity contribution in [2.75, 3.05) is 26.7 Å². The molecule has 0 bridgehead atoms. The molecule has 0 aliphatic carbocycles. The van der Waals surface area contributed by atoms with Gasteiger partial charge in [0, 0.05) is 13.1 Å². The van der Waals surface area contributed by atoms with Crippen LogP contribution < -0.4 is 4.74 Å². The number of aryl methyl sites for hydroxylation is 1. The second kappa shape index (κ2) is 7.31. The highest BCUT2D eigenvalue weighted by atomic mass is 32.2. The van der Waals surface area contributed by atoms with Crippen molar-refractivity contribution in [1.82, 2.24) is 9.80 Å². The molecule has 0 N–H and O–H groups in total. The van der Waals surface area contributed by atoms with Gasteiger partial charge in [-0.2, -0.15) is 0 Å². The van der Waals surface area contributed by atoms with Crippen molar-refractivity contribution in [3.05, 3.63) is 34.2 Å². The minimum absolute atomic E-state index is 0.165. The van der Waals surface area contributed by atoms with Gasteiger partial charge in [0.2, 0.25) is 5.91 Å². The number of hydrogen-bond acceptors (Lipinski definition) is 5. The van der Waals surface area contributed by atoms with E-state index in [4.69, 9.17) is 4.74 Å². The predicted molar refractivity (Wildman–Crippen MR) is 96.2 cm³/mol. The van der Waals surface area contributed by atoms with Gasteiger partial charge in [0.05, 0.1) is 12.0 Å². The number of amides is 3. The monoisotopic (exact) mass is 360 g/mol. The van der Waals surface area contributed by atoms with Crippen molar-refractivity contribution in [1.29, 1.82) is 0 Å². The van der Waals surface area contributed by atoms with E-state index in [2.05, 4.69) is 0 Å². The van der Waals surface area contributed by atoms with Gasteiger partial charge in [-0.25, -0.2) is 0 Å². The van der Waals surface area contributed by atoms with E-state index >= 15 is 0 Å². The van der Waals surface area contributed by atoms with E-state index in [-0.39, 0.29) is 12.5 Å². The number of benzene rings is 1. The first-order chi connectivity index (χ1) is 12.0. The second-order valence-electron chi connectivity index (χ2n) is 6.08. The average Bonchev–Trinajstić information content (AvgIpc) is 3.21. The van der Waals surface area contributed by atoms with Crippen molar-refractivity contribution >= 4 is 34.9 Å². The molecule has 0 unspecified atom stereocenters. The quantitative estimate of drug-likeness (QED) is 0.772. The normalized spacial score (nSPS) is 19.2. The Hall–Kier alpha value is -2.28. The van der Waals surface area contributed by atoms with Crippen LogP contribution in [0.2, 0.25) is 0 Å². The molecule has 0 aromatic heterocycles. The molecule has 2 saturated heterocycles. The minimum atomic E-state index is -0.405. The highest BCUT2D eigenvalue weighted by Crippen LogP contribution is 2.33. The molecule has 2 heterocycles. The standard InChI is InChI=1S/C18H20N2O4S/c1-12-9-14(24-2)6-5-13(12)10-15-17(22)20(18(23)25-15)11-16(21)19-7-3-4-8-19/h5-6,9-10H,3-4,7-8,11H2,1-2H3/b15-10+. The van der Waals surface area contributed by atoms with Crippen molar-refractivity contribution in [3.8, 4) is 5.75 Å². The van der Waals surface area contributed by atoms with Crippen LogP contribution in [0.5, 0.6) is 5.75 Å². The zero-order valence-electron chi connectivity index (χ0n) is 14.3. The van der Waals surface area contributed by atoms with Crippen LogP contribution in [0.3, 0.4) is 0 Å². The topological polar surface area (TPSA) is 66.9 Å². The molecule has 7 heteroatoms. The predicted octanol–water partition coefficient (Wildman–Crippen LogP) is 2.66. The molecule has 25 heavy (non-hydrogen) atoms. The summed E-state index contributed by atoms with van der Waals surface area (Å²) in [7, 11) is 1.59. The van der Waals surface area contributed by atoms with Gasteiger partial charge >= 0.3 is 0 Å². The summed E-state index contributed by atoms with van der Waals surface area (Å²) >= 11 is 0.876. The number of rotatable bonds is 4. The van der Waals surface area contributed by atoms with Gasteiger partial charge in [0.1, 0.15) is 12.3 Å². The van der Waals surface area contributed by atoms with Gasteiger partial charge in [-0.15, -0.1) is 0 Å². The van der Waals surface area contributed by atoms with E-state index in [1.165, 1.54) is 0 Å². The first kappa shape index (κ1) is 17.5. The summed E-state index contributed by atoms with van der Waals surface area (Å²) in [5, 5.41) is -0.394. The molecule has 0 radical (unpaired) electrons.